The second-order valence-electron chi connectivity index (χ2n) is 5.13. The van der Waals surface area contributed by atoms with Crippen LogP contribution in [0.2, 0.25) is 0 Å². The largest absolute Gasteiger partial charge is 0.480 e. The number of nitrogens with one attached hydrogen (secondary N) is 1. The molecular weight excluding hydrogens is 204 g/mol. The summed E-state index contributed by atoms with van der Waals surface area (Å²) < 4.78 is 0. The van der Waals surface area contributed by atoms with E-state index in [9.17, 15) is 4.79 Å². The molecule has 0 spiro atoms. The molecule has 0 bridgehead atoms. The lowest BCUT2D eigenvalue weighted by Crippen LogP contribution is -2.52. The highest BCUT2D eigenvalue weighted by atomic mass is 16.4. The Morgan fingerprint density at radius 3 is 2.62 bits per heavy atom. The molecule has 2 atom stereocenters. The standard InChI is InChI=1S/C12H22N2O2/c1-14(9-6-7-9)11-5-3-2-4-10(11)13-8-12(15)16/h9-11,13H,2-8H2,1H3,(H,15,16)/t10-,11-/m1/s1. The molecule has 2 fully saturated rings. The number of aliphatic carboxylic acids is 1. The first-order chi connectivity index (χ1) is 7.68. The minimum atomic E-state index is -0.751. The molecule has 0 aromatic heterocycles. The predicted octanol–water partition coefficient (Wildman–Crippen LogP) is 1.07. The number of hydrogen-bond donors (Lipinski definition) is 2. The summed E-state index contributed by atoms with van der Waals surface area (Å²) in [6.45, 7) is 0.0969. The highest BCUT2D eigenvalue weighted by Crippen LogP contribution is 2.32. The van der Waals surface area contributed by atoms with Crippen molar-refractivity contribution in [3.05, 3.63) is 0 Å². The topological polar surface area (TPSA) is 52.6 Å². The highest BCUT2D eigenvalue weighted by molar-refractivity contribution is 5.69. The first-order valence-electron chi connectivity index (χ1n) is 6.35. The van der Waals surface area contributed by atoms with Gasteiger partial charge in [0.1, 0.15) is 0 Å². The minimum Gasteiger partial charge on any atom is -0.480 e. The van der Waals surface area contributed by atoms with Gasteiger partial charge in [-0.1, -0.05) is 12.8 Å². The third-order valence-electron chi connectivity index (χ3n) is 3.89. The van der Waals surface area contributed by atoms with Crippen LogP contribution in [0.15, 0.2) is 0 Å². The maximum atomic E-state index is 10.6. The molecule has 0 radical (unpaired) electrons. The van der Waals surface area contributed by atoms with Gasteiger partial charge in [0.05, 0.1) is 6.54 Å². The molecule has 2 rings (SSSR count). The van der Waals surface area contributed by atoms with Crippen LogP contribution in [0, 0.1) is 0 Å². The monoisotopic (exact) mass is 226 g/mol. The summed E-state index contributed by atoms with van der Waals surface area (Å²) in [7, 11) is 2.20. The second-order valence-corrected chi connectivity index (χ2v) is 5.13. The minimum absolute atomic E-state index is 0.0969. The van der Waals surface area contributed by atoms with E-state index in [-0.39, 0.29) is 6.54 Å². The van der Waals surface area contributed by atoms with Crippen LogP contribution in [-0.4, -0.2) is 47.7 Å². The van der Waals surface area contributed by atoms with E-state index in [1.807, 2.05) is 0 Å². The summed E-state index contributed by atoms with van der Waals surface area (Å²) in [5.41, 5.74) is 0. The first kappa shape index (κ1) is 11.9. The maximum Gasteiger partial charge on any atom is 0.317 e. The van der Waals surface area contributed by atoms with Crippen LogP contribution in [0.4, 0.5) is 0 Å². The summed E-state index contributed by atoms with van der Waals surface area (Å²) in [5, 5.41) is 11.9. The number of carbonyl (C=O) groups is 1. The zero-order valence-corrected chi connectivity index (χ0v) is 9.98. The molecule has 92 valence electrons. The van der Waals surface area contributed by atoms with Gasteiger partial charge in [-0.2, -0.15) is 0 Å². The van der Waals surface area contributed by atoms with Gasteiger partial charge in [-0.15, -0.1) is 0 Å². The molecule has 2 saturated carbocycles. The van der Waals surface area contributed by atoms with Crippen molar-refractivity contribution in [2.75, 3.05) is 13.6 Å². The van der Waals surface area contributed by atoms with Gasteiger partial charge in [-0.3, -0.25) is 9.69 Å². The Morgan fingerprint density at radius 1 is 1.31 bits per heavy atom. The smallest absolute Gasteiger partial charge is 0.317 e. The molecule has 0 saturated heterocycles. The molecule has 0 aliphatic heterocycles. The van der Waals surface area contributed by atoms with Gasteiger partial charge in [-0.25, -0.2) is 0 Å². The average Bonchev–Trinajstić information content (AvgIpc) is 3.09. The number of nitrogens with zero attached hydrogens (tertiary/aromatic N) is 1. The van der Waals surface area contributed by atoms with Gasteiger partial charge in [-0.05, 0) is 32.7 Å². The van der Waals surface area contributed by atoms with Crippen LogP contribution in [0.5, 0.6) is 0 Å². The van der Waals surface area contributed by atoms with Gasteiger partial charge >= 0.3 is 5.97 Å². The molecule has 0 aromatic carbocycles. The van der Waals surface area contributed by atoms with E-state index in [1.54, 1.807) is 0 Å². The van der Waals surface area contributed by atoms with E-state index in [0.717, 1.165) is 12.5 Å². The molecular formula is C12H22N2O2. The quantitative estimate of drug-likeness (QED) is 0.736. The van der Waals surface area contributed by atoms with Crippen LogP contribution in [0.25, 0.3) is 0 Å². The zero-order valence-electron chi connectivity index (χ0n) is 9.98. The van der Waals surface area contributed by atoms with E-state index < -0.39 is 5.97 Å². The molecule has 0 unspecified atom stereocenters. The molecule has 0 amide bonds. The SMILES string of the molecule is CN(C1CC1)[C@@H]1CCCC[C@H]1NCC(=O)O. The number of rotatable bonds is 5. The summed E-state index contributed by atoms with van der Waals surface area (Å²) in [5.74, 6) is -0.751. The van der Waals surface area contributed by atoms with Crippen molar-refractivity contribution in [2.45, 2.75) is 56.7 Å². The normalized spacial score (nSPS) is 30.6. The molecule has 4 nitrogen and oxygen atoms in total. The number of hydrogen-bond acceptors (Lipinski definition) is 3. The van der Waals surface area contributed by atoms with Gasteiger partial charge < -0.3 is 10.4 Å². The fourth-order valence-corrected chi connectivity index (χ4v) is 2.81. The fourth-order valence-electron chi connectivity index (χ4n) is 2.81. The lowest BCUT2D eigenvalue weighted by atomic mass is 9.89. The van der Waals surface area contributed by atoms with E-state index in [0.29, 0.717) is 12.1 Å². The third kappa shape index (κ3) is 2.95. The van der Waals surface area contributed by atoms with Crippen molar-refractivity contribution in [1.29, 1.82) is 0 Å². The van der Waals surface area contributed by atoms with Crippen molar-refractivity contribution < 1.29 is 9.90 Å². The summed E-state index contributed by atoms with van der Waals surface area (Å²) in [6.07, 6.45) is 7.48. The predicted molar refractivity (Wildman–Crippen MR) is 62.5 cm³/mol. The lowest BCUT2D eigenvalue weighted by Gasteiger charge is -2.38. The van der Waals surface area contributed by atoms with Crippen LogP contribution in [-0.2, 0) is 4.79 Å². The molecule has 2 aliphatic rings. The summed E-state index contributed by atoms with van der Waals surface area (Å²) >= 11 is 0. The zero-order chi connectivity index (χ0) is 11.5. The summed E-state index contributed by atoms with van der Waals surface area (Å²) in [4.78, 5) is 13.1. The number of carboxylic acid groups (broad SMARTS) is 1. The Morgan fingerprint density at radius 2 is 2.00 bits per heavy atom. The molecule has 0 heterocycles. The van der Waals surface area contributed by atoms with Gasteiger partial charge in [0.2, 0.25) is 0 Å². The Bertz CT molecular complexity index is 253. The third-order valence-corrected chi connectivity index (χ3v) is 3.89. The number of likely N-dealkylation sites (N-methyl/N-ethyl adjacent to an activating group) is 1. The fraction of sp³-hybridized carbons (Fsp3) is 0.917. The van der Waals surface area contributed by atoms with E-state index in [2.05, 4.69) is 17.3 Å². The average molecular weight is 226 g/mol. The van der Waals surface area contributed by atoms with Crippen molar-refractivity contribution in [3.8, 4) is 0 Å². The molecule has 2 N–H and O–H groups in total. The molecule has 2 aliphatic carbocycles. The Labute approximate surface area is 97.0 Å². The first-order valence-corrected chi connectivity index (χ1v) is 6.35. The molecule has 16 heavy (non-hydrogen) atoms. The van der Waals surface area contributed by atoms with E-state index in [1.165, 1.54) is 32.1 Å². The number of carboxylic acids is 1. The Balaban J connectivity index is 1.87. The van der Waals surface area contributed by atoms with E-state index in [4.69, 9.17) is 5.11 Å². The maximum absolute atomic E-state index is 10.6. The van der Waals surface area contributed by atoms with Gasteiger partial charge in [0.15, 0.2) is 0 Å². The second kappa shape index (κ2) is 5.15. The van der Waals surface area contributed by atoms with Crippen molar-refractivity contribution >= 4 is 5.97 Å². The van der Waals surface area contributed by atoms with Crippen molar-refractivity contribution in [3.63, 3.8) is 0 Å². The Kier molecular flexibility index (Phi) is 3.82. The van der Waals surface area contributed by atoms with Crippen LogP contribution in [0.1, 0.15) is 38.5 Å². The van der Waals surface area contributed by atoms with Gasteiger partial charge in [0.25, 0.3) is 0 Å². The van der Waals surface area contributed by atoms with Crippen LogP contribution >= 0.6 is 0 Å². The molecule has 0 aromatic rings. The van der Waals surface area contributed by atoms with Crippen molar-refractivity contribution in [1.82, 2.24) is 10.2 Å². The van der Waals surface area contributed by atoms with Gasteiger partial charge in [0, 0.05) is 18.1 Å². The Hall–Kier alpha value is -0.610. The van der Waals surface area contributed by atoms with Crippen LogP contribution in [0.3, 0.4) is 0 Å². The highest BCUT2D eigenvalue weighted by Gasteiger charge is 2.36. The van der Waals surface area contributed by atoms with Crippen LogP contribution < -0.4 is 5.32 Å². The van der Waals surface area contributed by atoms with Crippen molar-refractivity contribution in [2.24, 2.45) is 0 Å². The lowest BCUT2D eigenvalue weighted by molar-refractivity contribution is -0.136. The summed E-state index contributed by atoms with van der Waals surface area (Å²) in [6, 6.07) is 1.67. The molecule has 4 heteroatoms. The van der Waals surface area contributed by atoms with E-state index >= 15 is 0 Å².